The fraction of sp³-hybridized carbons (Fsp3) is 0.571. The fourth-order valence-electron chi connectivity index (χ4n) is 2.97. The lowest BCUT2D eigenvalue weighted by molar-refractivity contribution is -0.387. The SMILES string of the molecule is O=[N+]([O-])c1c(C2CCCNC2)cccc1C1OCCO1. The summed E-state index contributed by atoms with van der Waals surface area (Å²) in [5.74, 6) is 0.186. The molecule has 0 saturated carbocycles. The van der Waals surface area contributed by atoms with Crippen LogP contribution in [0.25, 0.3) is 0 Å². The van der Waals surface area contributed by atoms with Crippen molar-refractivity contribution in [2.45, 2.75) is 25.0 Å². The molecule has 0 aromatic heterocycles. The maximum atomic E-state index is 11.5. The number of benzene rings is 1. The van der Waals surface area contributed by atoms with Gasteiger partial charge in [0.2, 0.25) is 0 Å². The van der Waals surface area contributed by atoms with Gasteiger partial charge < -0.3 is 14.8 Å². The molecule has 20 heavy (non-hydrogen) atoms. The fourth-order valence-corrected chi connectivity index (χ4v) is 2.97. The Kier molecular flexibility index (Phi) is 3.95. The van der Waals surface area contributed by atoms with Crippen LogP contribution in [0.3, 0.4) is 0 Å². The molecule has 2 fully saturated rings. The van der Waals surface area contributed by atoms with Crippen LogP contribution in [0, 0.1) is 10.1 Å². The molecule has 1 N–H and O–H groups in total. The Bertz CT molecular complexity index is 494. The van der Waals surface area contributed by atoms with Gasteiger partial charge in [0.15, 0.2) is 6.29 Å². The summed E-state index contributed by atoms with van der Waals surface area (Å²) in [7, 11) is 0. The predicted octanol–water partition coefficient (Wildman–Crippen LogP) is 2.11. The van der Waals surface area contributed by atoms with E-state index in [0.29, 0.717) is 18.8 Å². The van der Waals surface area contributed by atoms with Crippen LogP contribution in [0.4, 0.5) is 5.69 Å². The van der Waals surface area contributed by atoms with Crippen molar-refractivity contribution in [3.05, 3.63) is 39.4 Å². The second-order valence-electron chi connectivity index (χ2n) is 5.16. The van der Waals surface area contributed by atoms with E-state index in [1.165, 1.54) is 0 Å². The van der Waals surface area contributed by atoms with E-state index in [-0.39, 0.29) is 16.5 Å². The third-order valence-electron chi connectivity index (χ3n) is 3.89. The van der Waals surface area contributed by atoms with Crippen LogP contribution in [0.2, 0.25) is 0 Å². The summed E-state index contributed by atoms with van der Waals surface area (Å²) in [5, 5.41) is 14.8. The van der Waals surface area contributed by atoms with Crippen LogP contribution in [0.5, 0.6) is 0 Å². The molecular weight excluding hydrogens is 260 g/mol. The first-order valence-electron chi connectivity index (χ1n) is 6.98. The van der Waals surface area contributed by atoms with E-state index in [1.54, 1.807) is 6.07 Å². The van der Waals surface area contributed by atoms with Crippen LogP contribution in [-0.2, 0) is 9.47 Å². The minimum absolute atomic E-state index is 0.160. The highest BCUT2D eigenvalue weighted by Crippen LogP contribution is 2.38. The van der Waals surface area contributed by atoms with Crippen molar-refractivity contribution in [1.29, 1.82) is 0 Å². The summed E-state index contributed by atoms with van der Waals surface area (Å²) in [6.07, 6.45) is 1.42. The molecule has 2 aliphatic rings. The molecule has 1 aromatic carbocycles. The van der Waals surface area contributed by atoms with Crippen molar-refractivity contribution < 1.29 is 14.4 Å². The number of nitro groups is 1. The van der Waals surface area contributed by atoms with Crippen molar-refractivity contribution in [3.8, 4) is 0 Å². The molecule has 1 atom stereocenters. The highest BCUT2D eigenvalue weighted by Gasteiger charge is 2.32. The normalized spacial score (nSPS) is 23.9. The van der Waals surface area contributed by atoms with Crippen LogP contribution in [0.1, 0.15) is 36.2 Å². The van der Waals surface area contributed by atoms with Crippen molar-refractivity contribution >= 4 is 5.69 Å². The van der Waals surface area contributed by atoms with Gasteiger partial charge in [0, 0.05) is 18.0 Å². The lowest BCUT2D eigenvalue weighted by Gasteiger charge is -2.24. The zero-order chi connectivity index (χ0) is 13.9. The first kappa shape index (κ1) is 13.5. The molecule has 3 rings (SSSR count). The Morgan fingerprint density at radius 3 is 2.65 bits per heavy atom. The van der Waals surface area contributed by atoms with E-state index in [1.807, 2.05) is 12.1 Å². The number of ether oxygens (including phenoxy) is 2. The van der Waals surface area contributed by atoms with Gasteiger partial charge in [-0.15, -0.1) is 0 Å². The molecule has 2 heterocycles. The molecule has 0 bridgehead atoms. The molecule has 2 saturated heterocycles. The standard InChI is InChI=1S/C14H18N2O4/c17-16(18)13-11(10-3-2-6-15-9-10)4-1-5-12(13)14-19-7-8-20-14/h1,4-5,10,14-15H,2-3,6-9H2. The van der Waals surface area contributed by atoms with E-state index < -0.39 is 6.29 Å². The van der Waals surface area contributed by atoms with Gasteiger partial charge in [0.1, 0.15) is 0 Å². The van der Waals surface area contributed by atoms with Gasteiger partial charge in [-0.1, -0.05) is 12.1 Å². The first-order chi connectivity index (χ1) is 9.77. The van der Waals surface area contributed by atoms with Crippen molar-refractivity contribution in [2.24, 2.45) is 0 Å². The predicted molar refractivity (Wildman–Crippen MR) is 72.6 cm³/mol. The van der Waals surface area contributed by atoms with Crippen molar-refractivity contribution in [1.82, 2.24) is 5.32 Å². The van der Waals surface area contributed by atoms with E-state index in [0.717, 1.165) is 31.5 Å². The minimum Gasteiger partial charge on any atom is -0.346 e. The molecule has 1 unspecified atom stereocenters. The van der Waals surface area contributed by atoms with E-state index in [9.17, 15) is 10.1 Å². The quantitative estimate of drug-likeness (QED) is 0.677. The van der Waals surface area contributed by atoms with Crippen LogP contribution < -0.4 is 5.32 Å². The molecule has 6 heteroatoms. The average molecular weight is 278 g/mol. The highest BCUT2D eigenvalue weighted by molar-refractivity contribution is 5.50. The maximum absolute atomic E-state index is 11.5. The summed E-state index contributed by atoms with van der Waals surface area (Å²) in [4.78, 5) is 11.2. The maximum Gasteiger partial charge on any atom is 0.281 e. The van der Waals surface area contributed by atoms with E-state index >= 15 is 0 Å². The Balaban J connectivity index is 2.00. The van der Waals surface area contributed by atoms with Gasteiger partial charge >= 0.3 is 0 Å². The molecule has 6 nitrogen and oxygen atoms in total. The Morgan fingerprint density at radius 2 is 2.00 bits per heavy atom. The number of hydrogen-bond acceptors (Lipinski definition) is 5. The Hall–Kier alpha value is -1.50. The average Bonchev–Trinajstić information content (AvgIpc) is 3.01. The molecule has 0 aliphatic carbocycles. The van der Waals surface area contributed by atoms with E-state index in [4.69, 9.17) is 9.47 Å². The third kappa shape index (κ3) is 2.54. The molecule has 108 valence electrons. The minimum atomic E-state index is -0.605. The number of nitrogens with zero attached hydrogens (tertiary/aromatic N) is 1. The van der Waals surface area contributed by atoms with Gasteiger partial charge in [-0.05, 0) is 25.5 Å². The number of nitro benzene ring substituents is 1. The number of piperidine rings is 1. The summed E-state index contributed by atoms with van der Waals surface area (Å²) in [6, 6.07) is 5.44. The van der Waals surface area contributed by atoms with Gasteiger partial charge in [0.05, 0.1) is 23.7 Å². The second-order valence-corrected chi connectivity index (χ2v) is 5.16. The number of nitrogens with one attached hydrogen (secondary N) is 1. The topological polar surface area (TPSA) is 73.6 Å². The molecular formula is C14H18N2O4. The summed E-state index contributed by atoms with van der Waals surface area (Å²) < 4.78 is 10.9. The third-order valence-corrected chi connectivity index (χ3v) is 3.89. The largest absolute Gasteiger partial charge is 0.346 e. The first-order valence-corrected chi connectivity index (χ1v) is 6.98. The number of para-hydroxylation sites is 1. The Morgan fingerprint density at radius 1 is 1.25 bits per heavy atom. The zero-order valence-electron chi connectivity index (χ0n) is 11.2. The molecule has 0 radical (unpaired) electrons. The monoisotopic (exact) mass is 278 g/mol. The summed E-state index contributed by atoms with van der Waals surface area (Å²) in [6.45, 7) is 2.74. The van der Waals surface area contributed by atoms with Crippen LogP contribution in [-0.4, -0.2) is 31.2 Å². The molecule has 2 aliphatic heterocycles. The van der Waals surface area contributed by atoms with Crippen molar-refractivity contribution in [3.63, 3.8) is 0 Å². The van der Waals surface area contributed by atoms with Crippen molar-refractivity contribution in [2.75, 3.05) is 26.3 Å². The molecule has 1 aromatic rings. The summed E-state index contributed by atoms with van der Waals surface area (Å²) >= 11 is 0. The zero-order valence-corrected chi connectivity index (χ0v) is 11.2. The van der Waals surface area contributed by atoms with Crippen LogP contribution in [0.15, 0.2) is 18.2 Å². The smallest absolute Gasteiger partial charge is 0.281 e. The Labute approximate surface area is 117 Å². The highest BCUT2D eigenvalue weighted by atomic mass is 16.7. The van der Waals surface area contributed by atoms with Gasteiger partial charge in [-0.2, -0.15) is 0 Å². The van der Waals surface area contributed by atoms with Crippen LogP contribution >= 0.6 is 0 Å². The number of hydrogen-bond donors (Lipinski definition) is 1. The van der Waals surface area contributed by atoms with Gasteiger partial charge in [-0.3, -0.25) is 10.1 Å². The number of rotatable bonds is 3. The lowest BCUT2D eigenvalue weighted by atomic mass is 9.89. The van der Waals surface area contributed by atoms with E-state index in [2.05, 4.69) is 5.32 Å². The molecule has 0 spiro atoms. The lowest BCUT2D eigenvalue weighted by Crippen LogP contribution is -2.29. The second kappa shape index (κ2) is 5.87. The molecule has 0 amide bonds. The van der Waals surface area contributed by atoms with Gasteiger partial charge in [-0.25, -0.2) is 0 Å². The summed E-state index contributed by atoms with van der Waals surface area (Å²) in [5.41, 5.74) is 1.49. The van der Waals surface area contributed by atoms with Gasteiger partial charge in [0.25, 0.3) is 5.69 Å².